The molecule has 0 aliphatic rings. The number of anilines is 1. The number of rotatable bonds is 4. The zero-order valence-corrected chi connectivity index (χ0v) is 12.1. The Balaban J connectivity index is 2.51. The van der Waals surface area contributed by atoms with Crippen LogP contribution in [0.1, 0.15) is 22.2 Å². The molecular formula is C15H18N2OS. The summed E-state index contributed by atoms with van der Waals surface area (Å²) in [6.07, 6.45) is 1.73. The highest BCUT2D eigenvalue weighted by Gasteiger charge is 2.20. The van der Waals surface area contributed by atoms with E-state index in [9.17, 15) is 4.79 Å². The van der Waals surface area contributed by atoms with Crippen LogP contribution < -0.4 is 5.73 Å². The fraction of sp³-hybridized carbons (Fsp3) is 0.267. The van der Waals surface area contributed by atoms with Gasteiger partial charge in [-0.15, -0.1) is 17.9 Å². The quantitative estimate of drug-likeness (QED) is 0.868. The van der Waals surface area contributed by atoms with Crippen LogP contribution in [0.4, 0.5) is 5.69 Å². The van der Waals surface area contributed by atoms with E-state index in [1.165, 1.54) is 11.3 Å². The molecule has 1 aromatic carbocycles. The van der Waals surface area contributed by atoms with Crippen molar-refractivity contribution in [2.75, 3.05) is 18.8 Å². The number of nitrogens with two attached hydrogens (primary N) is 1. The number of aryl methyl sites for hydroxylation is 1. The summed E-state index contributed by atoms with van der Waals surface area (Å²) in [6, 6.07) is 5.97. The molecule has 3 nitrogen and oxygen atoms in total. The Labute approximate surface area is 117 Å². The van der Waals surface area contributed by atoms with E-state index >= 15 is 0 Å². The van der Waals surface area contributed by atoms with Gasteiger partial charge in [-0.3, -0.25) is 4.79 Å². The molecule has 2 rings (SSSR count). The smallest absolute Gasteiger partial charge is 0.266 e. The topological polar surface area (TPSA) is 46.3 Å². The van der Waals surface area contributed by atoms with Crippen LogP contribution in [0.25, 0.3) is 10.1 Å². The van der Waals surface area contributed by atoms with Gasteiger partial charge in [0.2, 0.25) is 0 Å². The molecule has 19 heavy (non-hydrogen) atoms. The van der Waals surface area contributed by atoms with Gasteiger partial charge in [-0.05, 0) is 19.4 Å². The monoisotopic (exact) mass is 274 g/mol. The predicted molar refractivity (Wildman–Crippen MR) is 82.7 cm³/mol. The van der Waals surface area contributed by atoms with Crippen LogP contribution in [0.15, 0.2) is 30.9 Å². The van der Waals surface area contributed by atoms with E-state index in [1.807, 2.05) is 32.0 Å². The van der Waals surface area contributed by atoms with Crippen LogP contribution in [-0.4, -0.2) is 23.9 Å². The molecule has 0 saturated carbocycles. The van der Waals surface area contributed by atoms with Gasteiger partial charge in [0.05, 0.1) is 5.69 Å². The molecule has 2 aromatic rings. The summed E-state index contributed by atoms with van der Waals surface area (Å²) >= 11 is 1.48. The molecule has 1 heterocycles. The van der Waals surface area contributed by atoms with Crippen molar-refractivity contribution in [3.8, 4) is 0 Å². The summed E-state index contributed by atoms with van der Waals surface area (Å²) < 4.78 is 1.10. The molecule has 0 unspecified atom stereocenters. The van der Waals surface area contributed by atoms with Crippen molar-refractivity contribution in [3.63, 3.8) is 0 Å². The molecule has 2 N–H and O–H groups in total. The second-order valence-electron chi connectivity index (χ2n) is 4.43. The second kappa shape index (κ2) is 5.45. The fourth-order valence-electron chi connectivity index (χ4n) is 2.09. The van der Waals surface area contributed by atoms with Gasteiger partial charge in [-0.2, -0.15) is 0 Å². The van der Waals surface area contributed by atoms with E-state index in [2.05, 4.69) is 6.58 Å². The minimum absolute atomic E-state index is 0.0134. The van der Waals surface area contributed by atoms with Crippen LogP contribution in [0, 0.1) is 6.92 Å². The first-order valence-corrected chi connectivity index (χ1v) is 7.09. The minimum atomic E-state index is -0.0134. The molecule has 0 radical (unpaired) electrons. The van der Waals surface area contributed by atoms with Crippen molar-refractivity contribution in [2.45, 2.75) is 13.8 Å². The maximum absolute atomic E-state index is 12.5. The SMILES string of the molecule is C=CCN(CC)C(=O)c1sc2c(C)cccc2c1N. The lowest BCUT2D eigenvalue weighted by molar-refractivity contribution is 0.0788. The van der Waals surface area contributed by atoms with Crippen LogP contribution in [0.5, 0.6) is 0 Å². The number of thiophene rings is 1. The number of nitrogens with zero attached hydrogens (tertiary/aromatic N) is 1. The molecule has 1 aromatic heterocycles. The third kappa shape index (κ3) is 2.36. The van der Waals surface area contributed by atoms with E-state index in [-0.39, 0.29) is 5.91 Å². The second-order valence-corrected chi connectivity index (χ2v) is 5.45. The zero-order chi connectivity index (χ0) is 14.0. The minimum Gasteiger partial charge on any atom is -0.397 e. The lowest BCUT2D eigenvalue weighted by atomic mass is 10.1. The summed E-state index contributed by atoms with van der Waals surface area (Å²) in [5, 5.41) is 0.975. The van der Waals surface area contributed by atoms with Crippen LogP contribution in [0.2, 0.25) is 0 Å². The van der Waals surface area contributed by atoms with Crippen LogP contribution >= 0.6 is 11.3 Å². The summed E-state index contributed by atoms with van der Waals surface area (Å²) in [7, 11) is 0. The Morgan fingerprint density at radius 1 is 1.53 bits per heavy atom. The molecule has 1 amide bonds. The van der Waals surface area contributed by atoms with Crippen molar-refractivity contribution in [1.82, 2.24) is 4.90 Å². The van der Waals surface area contributed by atoms with Crippen molar-refractivity contribution in [3.05, 3.63) is 41.3 Å². The lowest BCUT2D eigenvalue weighted by Crippen LogP contribution is -2.30. The molecular weight excluding hydrogens is 256 g/mol. The highest BCUT2D eigenvalue weighted by atomic mass is 32.1. The maximum Gasteiger partial charge on any atom is 0.266 e. The van der Waals surface area contributed by atoms with Gasteiger partial charge in [0.1, 0.15) is 4.88 Å². The van der Waals surface area contributed by atoms with E-state index in [4.69, 9.17) is 5.73 Å². The molecule has 0 fully saturated rings. The Hall–Kier alpha value is -1.81. The number of hydrogen-bond donors (Lipinski definition) is 1. The van der Waals surface area contributed by atoms with Gasteiger partial charge >= 0.3 is 0 Å². The number of benzene rings is 1. The average molecular weight is 274 g/mol. The van der Waals surface area contributed by atoms with Gasteiger partial charge in [0.15, 0.2) is 0 Å². The largest absolute Gasteiger partial charge is 0.397 e. The van der Waals surface area contributed by atoms with Gasteiger partial charge in [0.25, 0.3) is 5.91 Å². The average Bonchev–Trinajstić information content (AvgIpc) is 2.74. The standard InChI is InChI=1S/C15H18N2OS/c1-4-9-17(5-2)15(18)14-12(16)11-8-6-7-10(3)13(11)19-14/h4,6-8H,1,5,9,16H2,2-3H3. The van der Waals surface area contributed by atoms with E-state index in [1.54, 1.807) is 11.0 Å². The Morgan fingerprint density at radius 3 is 2.84 bits per heavy atom. The van der Waals surface area contributed by atoms with Crippen molar-refractivity contribution in [1.29, 1.82) is 0 Å². The third-order valence-electron chi connectivity index (χ3n) is 3.16. The Kier molecular flexibility index (Phi) is 3.90. The molecule has 0 bridgehead atoms. The number of likely N-dealkylation sites (N-methyl/N-ethyl adjacent to an activating group) is 1. The normalized spacial score (nSPS) is 10.6. The predicted octanol–water partition coefficient (Wildman–Crippen LogP) is 3.44. The lowest BCUT2D eigenvalue weighted by Gasteiger charge is -2.18. The van der Waals surface area contributed by atoms with Crippen molar-refractivity contribution in [2.24, 2.45) is 0 Å². The van der Waals surface area contributed by atoms with Gasteiger partial charge < -0.3 is 10.6 Å². The number of fused-ring (bicyclic) bond motifs is 1. The van der Waals surface area contributed by atoms with Crippen LogP contribution in [-0.2, 0) is 0 Å². The molecule has 0 spiro atoms. The molecule has 0 aliphatic carbocycles. The molecule has 0 saturated heterocycles. The molecule has 4 heteroatoms. The zero-order valence-electron chi connectivity index (χ0n) is 11.3. The first kappa shape index (κ1) is 13.6. The van der Waals surface area contributed by atoms with Crippen molar-refractivity contribution < 1.29 is 4.79 Å². The summed E-state index contributed by atoms with van der Waals surface area (Å²) in [5.74, 6) is -0.0134. The number of carbonyl (C=O) groups excluding carboxylic acids is 1. The summed E-state index contributed by atoms with van der Waals surface area (Å²) in [4.78, 5) is 14.8. The van der Waals surface area contributed by atoms with Crippen LogP contribution in [0.3, 0.4) is 0 Å². The number of carbonyl (C=O) groups is 1. The number of hydrogen-bond acceptors (Lipinski definition) is 3. The van der Waals surface area contributed by atoms with Gasteiger partial charge in [0, 0.05) is 23.2 Å². The third-order valence-corrected chi connectivity index (χ3v) is 4.51. The van der Waals surface area contributed by atoms with E-state index < -0.39 is 0 Å². The maximum atomic E-state index is 12.5. The van der Waals surface area contributed by atoms with Gasteiger partial charge in [-0.25, -0.2) is 0 Å². The Bertz CT molecular complexity index is 630. The summed E-state index contributed by atoms with van der Waals surface area (Å²) in [5.41, 5.74) is 7.88. The van der Waals surface area contributed by atoms with E-state index in [0.717, 1.165) is 15.6 Å². The Morgan fingerprint density at radius 2 is 2.26 bits per heavy atom. The molecule has 100 valence electrons. The van der Waals surface area contributed by atoms with Crippen molar-refractivity contribution >= 4 is 33.0 Å². The van der Waals surface area contributed by atoms with Gasteiger partial charge in [-0.1, -0.05) is 24.3 Å². The molecule has 0 atom stereocenters. The highest BCUT2D eigenvalue weighted by molar-refractivity contribution is 7.21. The highest BCUT2D eigenvalue weighted by Crippen LogP contribution is 2.36. The first-order valence-electron chi connectivity index (χ1n) is 6.27. The summed E-state index contributed by atoms with van der Waals surface area (Å²) in [6.45, 7) is 8.87. The number of nitrogen functional groups attached to an aromatic ring is 1. The van der Waals surface area contributed by atoms with E-state index in [0.29, 0.717) is 23.7 Å². The first-order chi connectivity index (χ1) is 9.10. The molecule has 0 aliphatic heterocycles. The fourth-order valence-corrected chi connectivity index (χ4v) is 3.25. The number of amides is 1.